The number of Topliss-reactive ketones (excluding diaryl/α,β-unsaturated/α-hetero) is 1. The molecule has 0 saturated carbocycles. The molecule has 3 rings (SSSR count). The summed E-state index contributed by atoms with van der Waals surface area (Å²) in [4.78, 5) is 13.6. The molecule has 0 N–H and O–H groups in total. The number of hydrogen-bond donors (Lipinski definition) is 0. The molecule has 0 amide bonds. The Balaban J connectivity index is 2.03. The van der Waals surface area contributed by atoms with Gasteiger partial charge in [0, 0.05) is 12.8 Å². The van der Waals surface area contributed by atoms with Gasteiger partial charge in [-0.2, -0.15) is 0 Å². The van der Waals surface area contributed by atoms with Gasteiger partial charge in [0.1, 0.15) is 0 Å². The van der Waals surface area contributed by atoms with Crippen molar-refractivity contribution in [3.63, 3.8) is 0 Å². The predicted octanol–water partition coefficient (Wildman–Crippen LogP) is 11.1. The van der Waals surface area contributed by atoms with Crippen LogP contribution in [0.3, 0.4) is 0 Å². The van der Waals surface area contributed by atoms with Crippen LogP contribution < -0.4 is 0 Å². The Hall–Kier alpha value is -1.80. The largest absolute Gasteiger partial charge is 0.410 e. The van der Waals surface area contributed by atoms with Crippen molar-refractivity contribution < 1.29 is 23.1 Å². The molecule has 7 heteroatoms. The highest BCUT2D eigenvalue weighted by Crippen LogP contribution is 2.40. The van der Waals surface area contributed by atoms with Crippen LogP contribution in [0.5, 0.6) is 0 Å². The maximum Gasteiger partial charge on any atom is 0.205 e. The van der Waals surface area contributed by atoms with E-state index in [4.69, 9.17) is 18.3 Å². The Labute approximate surface area is 308 Å². The third-order valence-electron chi connectivity index (χ3n) is 11.4. The fraction of sp³-hybridized carbons (Fsp3) is 0.698. The predicted molar refractivity (Wildman–Crippen MR) is 215 cm³/mol. The van der Waals surface area contributed by atoms with Gasteiger partial charge in [-0.3, -0.25) is 4.79 Å². The van der Waals surface area contributed by atoms with E-state index in [9.17, 15) is 4.79 Å². The molecule has 0 spiro atoms. The Kier molecular flexibility index (Phi) is 15.6. The smallest absolute Gasteiger partial charge is 0.205 e. The molecule has 1 unspecified atom stereocenters. The monoisotopic (exact) mass is 722 g/mol. The van der Waals surface area contributed by atoms with Crippen molar-refractivity contribution >= 4 is 22.4 Å². The summed E-state index contributed by atoms with van der Waals surface area (Å²) in [6.07, 6.45) is 21.0. The molecule has 3 aliphatic rings. The Bertz CT molecular complexity index is 1330. The fourth-order valence-electron chi connectivity index (χ4n) is 6.31. The Morgan fingerprint density at radius 3 is 2.30 bits per heavy atom. The number of fused-ring (bicyclic) bond motifs is 2. The van der Waals surface area contributed by atoms with Crippen LogP contribution in [-0.2, 0) is 23.1 Å². The average Bonchev–Trinajstić information content (AvgIpc) is 2.97. The molecule has 7 atom stereocenters. The first kappa shape index (κ1) is 42.6. The summed E-state index contributed by atoms with van der Waals surface area (Å²) in [5.41, 5.74) is 2.55. The second-order valence-corrected chi connectivity index (χ2v) is 27.8. The molecule has 0 fully saturated rings. The number of allylic oxidation sites excluding steroid dienone is 1. The highest BCUT2D eigenvalue weighted by atomic mass is 28.4. The molecule has 280 valence electrons. The van der Waals surface area contributed by atoms with Gasteiger partial charge in [-0.15, -0.1) is 0 Å². The molecule has 0 radical (unpaired) electrons. The maximum absolute atomic E-state index is 13.6. The number of ether oxygens (including phenoxy) is 2. The lowest BCUT2D eigenvalue weighted by molar-refractivity contribution is -0.115. The van der Waals surface area contributed by atoms with E-state index in [0.717, 1.165) is 32.1 Å². The molecule has 2 bridgehead atoms. The first-order chi connectivity index (χ1) is 23.1. The van der Waals surface area contributed by atoms with Crippen molar-refractivity contribution in [3.8, 4) is 11.8 Å². The van der Waals surface area contributed by atoms with E-state index >= 15 is 0 Å². The highest BCUT2D eigenvalue weighted by Gasteiger charge is 2.41. The van der Waals surface area contributed by atoms with Crippen molar-refractivity contribution in [1.29, 1.82) is 0 Å². The summed E-state index contributed by atoms with van der Waals surface area (Å²) in [6.45, 7) is 32.5. The van der Waals surface area contributed by atoms with Crippen molar-refractivity contribution in [3.05, 3.63) is 60.3 Å². The van der Waals surface area contributed by atoms with Gasteiger partial charge in [-0.25, -0.2) is 0 Å². The van der Waals surface area contributed by atoms with Gasteiger partial charge in [0.15, 0.2) is 16.6 Å². The molecule has 0 aliphatic carbocycles. The SMILES string of the molecule is C=C1CC(O[Si](C)(C)C(C)(C)C)C=CC[C@@H]([C@H](C=C[C@@H]2CC(C)=CCO2)O[Si](C)(C)C(C)(C)C)CC(=O)C#CC[C@@H]2C=CC[C@@H](C[C@@H](C)C1)O2. The zero-order valence-corrected chi connectivity index (χ0v) is 35.7. The van der Waals surface area contributed by atoms with Gasteiger partial charge >= 0.3 is 0 Å². The average molecular weight is 723 g/mol. The molecule has 50 heavy (non-hydrogen) atoms. The summed E-state index contributed by atoms with van der Waals surface area (Å²) in [5, 5.41) is 0.0963. The second-order valence-electron chi connectivity index (χ2n) is 18.3. The molecule has 3 heterocycles. The van der Waals surface area contributed by atoms with E-state index in [2.05, 4.69) is 143 Å². The molecular formula is C43H70O5Si2. The lowest BCUT2D eigenvalue weighted by Gasteiger charge is -2.40. The summed E-state index contributed by atoms with van der Waals surface area (Å²) in [7, 11) is -4.28. The molecule has 0 saturated heterocycles. The second kappa shape index (κ2) is 18.3. The van der Waals surface area contributed by atoms with Crippen molar-refractivity contribution in [2.24, 2.45) is 11.8 Å². The van der Waals surface area contributed by atoms with Crippen molar-refractivity contribution in [1.82, 2.24) is 0 Å². The van der Waals surface area contributed by atoms with E-state index in [1.165, 1.54) is 11.1 Å². The van der Waals surface area contributed by atoms with Gasteiger partial charge in [0.2, 0.25) is 5.78 Å². The zero-order chi connectivity index (χ0) is 37.3. The van der Waals surface area contributed by atoms with Crippen LogP contribution in [0.2, 0.25) is 36.3 Å². The quantitative estimate of drug-likeness (QED) is 0.113. The first-order valence-electron chi connectivity index (χ1n) is 19.1. The lowest BCUT2D eigenvalue weighted by Crippen LogP contribution is -2.45. The minimum Gasteiger partial charge on any atom is -0.410 e. The van der Waals surface area contributed by atoms with E-state index in [0.29, 0.717) is 31.8 Å². The van der Waals surface area contributed by atoms with Gasteiger partial charge in [-0.05, 0) is 99.5 Å². The number of ketones is 1. The lowest BCUT2D eigenvalue weighted by atomic mass is 9.90. The normalized spacial score (nSPS) is 29.2. The van der Waals surface area contributed by atoms with Crippen molar-refractivity contribution in [2.75, 3.05) is 6.61 Å². The third kappa shape index (κ3) is 13.6. The summed E-state index contributed by atoms with van der Waals surface area (Å²) >= 11 is 0. The van der Waals surface area contributed by atoms with Gasteiger partial charge < -0.3 is 18.3 Å². The van der Waals surface area contributed by atoms with Crippen LogP contribution in [0.1, 0.15) is 107 Å². The number of carbonyl (C=O) groups excluding carboxylic acids is 1. The van der Waals surface area contributed by atoms with Crippen molar-refractivity contribution in [2.45, 2.75) is 174 Å². The number of rotatable bonds is 7. The molecule has 0 aromatic heterocycles. The summed E-state index contributed by atoms with van der Waals surface area (Å²) in [5.74, 6) is 6.47. The Morgan fingerprint density at radius 1 is 0.960 bits per heavy atom. The highest BCUT2D eigenvalue weighted by molar-refractivity contribution is 6.74. The summed E-state index contributed by atoms with van der Waals surface area (Å²) in [6, 6.07) is 0. The van der Waals surface area contributed by atoms with Crippen LogP contribution >= 0.6 is 0 Å². The minimum atomic E-state index is -2.21. The van der Waals surface area contributed by atoms with Gasteiger partial charge in [0.05, 0.1) is 37.1 Å². The van der Waals surface area contributed by atoms with E-state index in [1.54, 1.807) is 0 Å². The molecular weight excluding hydrogens is 653 g/mol. The van der Waals surface area contributed by atoms with Crippen LogP contribution in [0.15, 0.2) is 60.3 Å². The summed E-state index contributed by atoms with van der Waals surface area (Å²) < 4.78 is 26.7. The van der Waals surface area contributed by atoms with Gasteiger partial charge in [0.25, 0.3) is 0 Å². The topological polar surface area (TPSA) is 54.0 Å². The van der Waals surface area contributed by atoms with Crippen LogP contribution in [-0.4, -0.2) is 59.5 Å². The molecule has 3 aliphatic heterocycles. The zero-order valence-electron chi connectivity index (χ0n) is 33.7. The number of carbonyl (C=O) groups is 1. The first-order valence-corrected chi connectivity index (χ1v) is 24.9. The van der Waals surface area contributed by atoms with E-state index < -0.39 is 16.6 Å². The van der Waals surface area contributed by atoms with Crippen LogP contribution in [0, 0.1) is 23.7 Å². The molecule has 5 nitrogen and oxygen atoms in total. The number of hydrogen-bond acceptors (Lipinski definition) is 5. The molecule has 0 aromatic rings. The van der Waals surface area contributed by atoms with Crippen LogP contribution in [0.4, 0.5) is 0 Å². The maximum atomic E-state index is 13.6. The standard InChI is InChI=1S/C43H70O5Si2/c1-32-25-26-45-38(28-32)23-24-41(48-50(12,13)43(7,8)9)35-17-14-22-40(47-49(10,11)42(4,5)6)30-34(3)27-33(2)29-39-21-16-20-37(46-39)19-15-18-36(44)31-35/h14,16,20,22-25,33,35,37-41H,3,17,19,21,26-31H2,1-2,4-13H3/t33-,35+,37+,38+,39-,40?,41-/m0/s1. The molecule has 0 aromatic carbocycles. The Morgan fingerprint density at radius 2 is 1.64 bits per heavy atom. The fourth-order valence-corrected chi connectivity index (χ4v) is 8.89. The third-order valence-corrected chi connectivity index (χ3v) is 20.4. The van der Waals surface area contributed by atoms with E-state index in [1.807, 2.05) is 0 Å². The van der Waals surface area contributed by atoms with Crippen LogP contribution in [0.25, 0.3) is 0 Å². The minimum absolute atomic E-state index is 0.00101. The van der Waals surface area contributed by atoms with E-state index in [-0.39, 0.29) is 52.3 Å². The van der Waals surface area contributed by atoms with Gasteiger partial charge in [-0.1, -0.05) is 115 Å².